The van der Waals surface area contributed by atoms with Crippen molar-refractivity contribution in [3.63, 3.8) is 0 Å². The number of hydrogen-bond donors (Lipinski definition) is 1. The van der Waals surface area contributed by atoms with Gasteiger partial charge < -0.3 is 4.55 Å². The third-order valence-electron chi connectivity index (χ3n) is 2.06. The molecule has 1 aromatic carbocycles. The second kappa shape index (κ2) is 4.32. The van der Waals surface area contributed by atoms with E-state index in [0.717, 1.165) is 6.92 Å². The monoisotopic (exact) mass is 238 g/mol. The van der Waals surface area contributed by atoms with E-state index in [1.54, 1.807) is 0 Å². The van der Waals surface area contributed by atoms with E-state index in [0.29, 0.717) is 0 Å². The molecule has 0 aliphatic carbocycles. The Morgan fingerprint density at radius 1 is 1.33 bits per heavy atom. The van der Waals surface area contributed by atoms with Gasteiger partial charge in [-0.3, -0.25) is 0 Å². The highest BCUT2D eigenvalue weighted by Crippen LogP contribution is 2.36. The molecule has 0 aliphatic rings. The molecule has 0 aliphatic heterocycles. The molecule has 0 spiro atoms. The smallest absolute Gasteiger partial charge is 0.302 e. The molecule has 0 radical (unpaired) electrons. The van der Waals surface area contributed by atoms with Gasteiger partial charge in [-0.25, -0.2) is 4.21 Å². The molecule has 1 aromatic rings. The third-order valence-corrected chi connectivity index (χ3v) is 2.81. The van der Waals surface area contributed by atoms with Crippen LogP contribution in [-0.4, -0.2) is 14.9 Å². The Balaban J connectivity index is 3.19. The molecular formula is C9H9F3O2S. The van der Waals surface area contributed by atoms with Gasteiger partial charge in [0.2, 0.25) is 0 Å². The average molecular weight is 238 g/mol. The molecule has 6 heteroatoms. The summed E-state index contributed by atoms with van der Waals surface area (Å²) in [5, 5.41) is 0. The van der Waals surface area contributed by atoms with Gasteiger partial charge in [0.05, 0.1) is 10.8 Å². The molecule has 0 amide bonds. The maximum absolute atomic E-state index is 12.4. The van der Waals surface area contributed by atoms with E-state index in [1.807, 2.05) is 0 Å². The molecule has 2 unspecified atom stereocenters. The molecule has 0 bridgehead atoms. The Labute approximate surface area is 87.4 Å². The summed E-state index contributed by atoms with van der Waals surface area (Å²) in [5.74, 6) is -1.75. The molecule has 0 aromatic heterocycles. The minimum absolute atomic E-state index is 0.161. The maximum atomic E-state index is 12.4. The number of halogens is 3. The van der Waals surface area contributed by atoms with Crippen LogP contribution in [0.3, 0.4) is 0 Å². The molecule has 84 valence electrons. The first-order chi connectivity index (χ1) is 6.84. The lowest BCUT2D eigenvalue weighted by Gasteiger charge is -2.17. The van der Waals surface area contributed by atoms with Gasteiger partial charge in [0, 0.05) is 0 Å². The maximum Gasteiger partial charge on any atom is 0.395 e. The van der Waals surface area contributed by atoms with Crippen LogP contribution >= 0.6 is 0 Å². The molecule has 2 atom stereocenters. The van der Waals surface area contributed by atoms with Gasteiger partial charge in [-0.1, -0.05) is 18.2 Å². The number of alkyl halides is 3. The van der Waals surface area contributed by atoms with Crippen LogP contribution < -0.4 is 0 Å². The molecule has 0 fully saturated rings. The second-order valence-corrected chi connectivity index (χ2v) is 3.99. The van der Waals surface area contributed by atoms with Crippen LogP contribution in [0.5, 0.6) is 0 Å². The summed E-state index contributed by atoms with van der Waals surface area (Å²) in [6.07, 6.45) is -4.41. The van der Waals surface area contributed by atoms with Crippen LogP contribution in [0.25, 0.3) is 0 Å². The lowest BCUT2D eigenvalue weighted by molar-refractivity contribution is -0.146. The Morgan fingerprint density at radius 3 is 2.33 bits per heavy atom. The van der Waals surface area contributed by atoms with Crippen molar-refractivity contribution in [2.45, 2.75) is 23.9 Å². The van der Waals surface area contributed by atoms with E-state index >= 15 is 0 Å². The van der Waals surface area contributed by atoms with Crippen LogP contribution in [-0.2, 0) is 11.1 Å². The zero-order chi connectivity index (χ0) is 11.6. The average Bonchev–Trinajstić information content (AvgIpc) is 2.15. The van der Waals surface area contributed by atoms with Gasteiger partial charge in [0.1, 0.15) is 0 Å². The van der Waals surface area contributed by atoms with Crippen molar-refractivity contribution in [2.24, 2.45) is 0 Å². The summed E-state index contributed by atoms with van der Waals surface area (Å²) in [4.78, 5) is -0.192. The predicted molar refractivity (Wildman–Crippen MR) is 49.9 cm³/mol. The highest BCUT2D eigenvalue weighted by Gasteiger charge is 2.38. The van der Waals surface area contributed by atoms with Crippen LogP contribution in [0, 0.1) is 0 Å². The number of rotatable bonds is 2. The van der Waals surface area contributed by atoms with Crippen molar-refractivity contribution in [2.75, 3.05) is 0 Å². The largest absolute Gasteiger partial charge is 0.395 e. The highest BCUT2D eigenvalue weighted by atomic mass is 32.2. The quantitative estimate of drug-likeness (QED) is 0.804. The topological polar surface area (TPSA) is 37.3 Å². The fourth-order valence-corrected chi connectivity index (χ4v) is 1.82. The van der Waals surface area contributed by atoms with E-state index in [9.17, 15) is 17.4 Å². The molecular weight excluding hydrogens is 229 g/mol. The first kappa shape index (κ1) is 12.2. The van der Waals surface area contributed by atoms with Crippen LogP contribution in [0.15, 0.2) is 29.2 Å². The molecule has 1 N–H and O–H groups in total. The summed E-state index contributed by atoms with van der Waals surface area (Å²) in [5.41, 5.74) is -0.161. The van der Waals surface area contributed by atoms with Crippen LogP contribution in [0.4, 0.5) is 13.2 Å². The highest BCUT2D eigenvalue weighted by molar-refractivity contribution is 7.79. The molecule has 0 saturated heterocycles. The van der Waals surface area contributed by atoms with E-state index in [1.165, 1.54) is 24.3 Å². The fourth-order valence-electron chi connectivity index (χ4n) is 1.17. The van der Waals surface area contributed by atoms with Gasteiger partial charge >= 0.3 is 6.18 Å². The summed E-state index contributed by atoms with van der Waals surface area (Å²) >= 11 is -2.40. The lowest BCUT2D eigenvalue weighted by Crippen LogP contribution is -2.19. The molecule has 15 heavy (non-hydrogen) atoms. The zero-order valence-electron chi connectivity index (χ0n) is 7.78. The Hall–Kier alpha value is -0.880. The summed E-state index contributed by atoms with van der Waals surface area (Å²) in [7, 11) is 0. The van der Waals surface area contributed by atoms with Crippen molar-refractivity contribution in [1.29, 1.82) is 0 Å². The van der Waals surface area contributed by atoms with E-state index < -0.39 is 23.2 Å². The van der Waals surface area contributed by atoms with Crippen molar-refractivity contribution in [1.82, 2.24) is 0 Å². The number of hydrogen-bond acceptors (Lipinski definition) is 1. The van der Waals surface area contributed by atoms with E-state index in [-0.39, 0.29) is 10.5 Å². The van der Waals surface area contributed by atoms with Crippen molar-refractivity contribution >= 4 is 11.1 Å². The summed E-state index contributed by atoms with van der Waals surface area (Å²) in [6, 6.07) is 5.26. The second-order valence-electron chi connectivity index (χ2n) is 3.05. The van der Waals surface area contributed by atoms with Gasteiger partial charge in [-0.15, -0.1) is 0 Å². The SMILES string of the molecule is CC(c1ccccc1S(=O)O)C(F)(F)F. The lowest BCUT2D eigenvalue weighted by atomic mass is 10.0. The van der Waals surface area contributed by atoms with Gasteiger partial charge in [0.25, 0.3) is 0 Å². The molecule has 1 rings (SSSR count). The van der Waals surface area contributed by atoms with Crippen molar-refractivity contribution in [3.05, 3.63) is 29.8 Å². The normalized spacial score (nSPS) is 16.1. The van der Waals surface area contributed by atoms with Crippen LogP contribution in [0.2, 0.25) is 0 Å². The van der Waals surface area contributed by atoms with Crippen LogP contribution in [0.1, 0.15) is 18.4 Å². The van der Waals surface area contributed by atoms with Gasteiger partial charge in [-0.2, -0.15) is 13.2 Å². The van der Waals surface area contributed by atoms with E-state index in [4.69, 9.17) is 4.55 Å². The fraction of sp³-hybridized carbons (Fsp3) is 0.333. The molecule has 2 nitrogen and oxygen atoms in total. The Kier molecular flexibility index (Phi) is 3.51. The first-order valence-electron chi connectivity index (χ1n) is 4.10. The minimum atomic E-state index is -4.41. The molecule has 0 heterocycles. The first-order valence-corrected chi connectivity index (χ1v) is 5.21. The molecule has 0 saturated carbocycles. The summed E-state index contributed by atoms with van der Waals surface area (Å²) in [6.45, 7) is 0.964. The zero-order valence-corrected chi connectivity index (χ0v) is 8.60. The Morgan fingerprint density at radius 2 is 1.87 bits per heavy atom. The third kappa shape index (κ3) is 2.79. The van der Waals surface area contributed by atoms with Crippen molar-refractivity contribution < 1.29 is 21.9 Å². The van der Waals surface area contributed by atoms with Crippen molar-refractivity contribution in [3.8, 4) is 0 Å². The van der Waals surface area contributed by atoms with Gasteiger partial charge in [-0.05, 0) is 18.6 Å². The standard InChI is InChI=1S/C9H9F3O2S/c1-6(9(10,11)12)7-4-2-3-5-8(7)15(13)14/h2-6H,1H3,(H,13,14). The van der Waals surface area contributed by atoms with Gasteiger partial charge in [0.15, 0.2) is 11.1 Å². The Bertz CT molecular complexity index is 376. The predicted octanol–water partition coefficient (Wildman–Crippen LogP) is 2.93. The van der Waals surface area contributed by atoms with E-state index in [2.05, 4.69) is 0 Å². The summed E-state index contributed by atoms with van der Waals surface area (Å²) < 4.78 is 56.8. The number of benzene rings is 1. The minimum Gasteiger partial charge on any atom is -0.302 e.